The summed E-state index contributed by atoms with van der Waals surface area (Å²) in [6.45, 7) is 11.6. The molecule has 2 heteroatoms. The Kier molecular flexibility index (Phi) is 11.0. The van der Waals surface area contributed by atoms with Crippen molar-refractivity contribution >= 4 is 22.4 Å². The lowest BCUT2D eigenvalue weighted by Crippen LogP contribution is -2.33. The SMILES string of the molecule is CCCCCCCCCCCCCC=C(C(=O)Cl)c1ccc2c(c1)C(C)(C)CCC2(C)C. The molecular formula is C30H47ClO. The third kappa shape index (κ3) is 8.05. The Hall–Kier alpha value is -1.08. The van der Waals surface area contributed by atoms with Crippen molar-refractivity contribution in [2.24, 2.45) is 0 Å². The first-order valence-electron chi connectivity index (χ1n) is 13.2. The number of hydrogen-bond donors (Lipinski definition) is 0. The molecule has 0 aromatic heterocycles. The first-order chi connectivity index (χ1) is 15.2. The van der Waals surface area contributed by atoms with Crippen LogP contribution in [-0.2, 0) is 15.6 Å². The number of fused-ring (bicyclic) bond motifs is 1. The molecule has 1 aliphatic carbocycles. The van der Waals surface area contributed by atoms with Gasteiger partial charge in [-0.2, -0.15) is 0 Å². The minimum atomic E-state index is -0.333. The molecule has 0 fully saturated rings. The van der Waals surface area contributed by atoms with Crippen LogP contribution in [0.15, 0.2) is 24.3 Å². The first kappa shape index (κ1) is 27.2. The number of unbranched alkanes of at least 4 members (excludes halogenated alkanes) is 11. The van der Waals surface area contributed by atoms with Crippen LogP contribution in [0, 0.1) is 0 Å². The second-order valence-corrected chi connectivity index (χ2v) is 11.6. The van der Waals surface area contributed by atoms with E-state index in [4.69, 9.17) is 11.6 Å². The minimum Gasteiger partial charge on any atom is -0.276 e. The van der Waals surface area contributed by atoms with Crippen LogP contribution in [0.25, 0.3) is 5.57 Å². The quantitative estimate of drug-likeness (QED) is 0.154. The van der Waals surface area contributed by atoms with Crippen molar-refractivity contribution in [3.8, 4) is 0 Å². The molecule has 32 heavy (non-hydrogen) atoms. The highest BCUT2D eigenvalue weighted by Gasteiger charge is 2.37. The zero-order valence-electron chi connectivity index (χ0n) is 21.5. The molecule has 0 amide bonds. The maximum absolute atomic E-state index is 12.2. The van der Waals surface area contributed by atoms with E-state index in [1.807, 2.05) is 0 Å². The summed E-state index contributed by atoms with van der Waals surface area (Å²) in [5.41, 5.74) is 4.79. The Morgan fingerprint density at radius 2 is 1.31 bits per heavy atom. The molecule has 1 aliphatic rings. The zero-order chi connectivity index (χ0) is 23.6. The zero-order valence-corrected chi connectivity index (χ0v) is 22.3. The van der Waals surface area contributed by atoms with E-state index in [-0.39, 0.29) is 16.1 Å². The molecule has 0 atom stereocenters. The van der Waals surface area contributed by atoms with Gasteiger partial charge in [-0.1, -0.05) is 123 Å². The van der Waals surface area contributed by atoms with Gasteiger partial charge in [0.2, 0.25) is 0 Å². The maximum Gasteiger partial charge on any atom is 0.252 e. The molecule has 0 N–H and O–H groups in total. The van der Waals surface area contributed by atoms with Gasteiger partial charge >= 0.3 is 0 Å². The van der Waals surface area contributed by atoms with E-state index in [1.54, 1.807) is 0 Å². The largest absolute Gasteiger partial charge is 0.276 e. The lowest BCUT2D eigenvalue weighted by molar-refractivity contribution is -0.106. The van der Waals surface area contributed by atoms with E-state index in [2.05, 4.69) is 58.9 Å². The summed E-state index contributed by atoms with van der Waals surface area (Å²) < 4.78 is 0. The Morgan fingerprint density at radius 1 is 0.812 bits per heavy atom. The fourth-order valence-electron chi connectivity index (χ4n) is 5.12. The fraction of sp³-hybridized carbons (Fsp3) is 0.700. The van der Waals surface area contributed by atoms with E-state index in [0.717, 1.165) is 18.4 Å². The van der Waals surface area contributed by atoms with E-state index < -0.39 is 0 Å². The lowest BCUT2D eigenvalue weighted by atomic mass is 9.63. The van der Waals surface area contributed by atoms with Gasteiger partial charge in [-0.25, -0.2) is 0 Å². The van der Waals surface area contributed by atoms with Crippen LogP contribution in [0.1, 0.15) is 141 Å². The van der Waals surface area contributed by atoms with Crippen molar-refractivity contribution in [3.63, 3.8) is 0 Å². The number of allylic oxidation sites excluding steroid dienone is 2. The second-order valence-electron chi connectivity index (χ2n) is 11.2. The van der Waals surface area contributed by atoms with Crippen molar-refractivity contribution < 1.29 is 4.79 Å². The molecule has 0 bridgehead atoms. The molecule has 0 spiro atoms. The number of hydrogen-bond acceptors (Lipinski definition) is 1. The summed E-state index contributed by atoms with van der Waals surface area (Å²) in [6.07, 6.45) is 20.1. The molecule has 180 valence electrons. The predicted molar refractivity (Wildman–Crippen MR) is 142 cm³/mol. The summed E-state index contributed by atoms with van der Waals surface area (Å²) >= 11 is 6.02. The van der Waals surface area contributed by atoms with Gasteiger partial charge in [0.1, 0.15) is 0 Å². The monoisotopic (exact) mass is 458 g/mol. The van der Waals surface area contributed by atoms with Crippen molar-refractivity contribution in [3.05, 3.63) is 41.0 Å². The first-order valence-corrected chi connectivity index (χ1v) is 13.6. The molecule has 0 unspecified atom stereocenters. The summed E-state index contributed by atoms with van der Waals surface area (Å²) in [4.78, 5) is 12.2. The second kappa shape index (κ2) is 13.0. The number of carbonyl (C=O) groups is 1. The summed E-state index contributed by atoms with van der Waals surface area (Å²) in [5.74, 6) is 0. The normalized spacial score (nSPS) is 17.2. The van der Waals surface area contributed by atoms with Crippen LogP contribution in [0.4, 0.5) is 0 Å². The van der Waals surface area contributed by atoms with Gasteiger partial charge in [0.15, 0.2) is 0 Å². The maximum atomic E-state index is 12.2. The van der Waals surface area contributed by atoms with Crippen LogP contribution in [-0.4, -0.2) is 5.24 Å². The highest BCUT2D eigenvalue weighted by atomic mass is 35.5. The number of halogens is 1. The van der Waals surface area contributed by atoms with Crippen molar-refractivity contribution in [2.45, 2.75) is 135 Å². The molecule has 1 aromatic carbocycles. The van der Waals surface area contributed by atoms with Crippen molar-refractivity contribution in [1.29, 1.82) is 0 Å². The van der Waals surface area contributed by atoms with Gasteiger partial charge in [-0.05, 0) is 64.8 Å². The molecule has 1 aromatic rings. The average molecular weight is 459 g/mol. The number of carbonyl (C=O) groups excluding carboxylic acids is 1. The van der Waals surface area contributed by atoms with Gasteiger partial charge in [0, 0.05) is 5.57 Å². The fourth-order valence-corrected chi connectivity index (χ4v) is 5.31. The summed E-state index contributed by atoms with van der Waals surface area (Å²) in [7, 11) is 0. The van der Waals surface area contributed by atoms with Crippen LogP contribution in [0.3, 0.4) is 0 Å². The van der Waals surface area contributed by atoms with E-state index in [1.165, 1.54) is 88.2 Å². The summed E-state index contributed by atoms with van der Waals surface area (Å²) in [6, 6.07) is 6.58. The molecule has 0 radical (unpaired) electrons. The molecular weight excluding hydrogens is 412 g/mol. The lowest BCUT2D eigenvalue weighted by Gasteiger charge is -2.42. The number of rotatable bonds is 14. The van der Waals surface area contributed by atoms with E-state index in [9.17, 15) is 4.79 Å². The van der Waals surface area contributed by atoms with Crippen LogP contribution in [0.2, 0.25) is 0 Å². The van der Waals surface area contributed by atoms with Gasteiger partial charge in [-0.15, -0.1) is 0 Å². The Labute approximate surface area is 203 Å². The van der Waals surface area contributed by atoms with E-state index in [0.29, 0.717) is 5.57 Å². The highest BCUT2D eigenvalue weighted by molar-refractivity contribution is 6.74. The predicted octanol–water partition coefficient (Wildman–Crippen LogP) is 9.89. The van der Waals surface area contributed by atoms with Crippen LogP contribution < -0.4 is 0 Å². The molecule has 0 saturated carbocycles. The topological polar surface area (TPSA) is 17.1 Å². The third-order valence-corrected chi connectivity index (χ3v) is 7.74. The van der Waals surface area contributed by atoms with E-state index >= 15 is 0 Å². The van der Waals surface area contributed by atoms with Gasteiger partial charge in [0.25, 0.3) is 5.24 Å². The Balaban J connectivity index is 1.86. The van der Waals surface area contributed by atoms with Crippen molar-refractivity contribution in [2.75, 3.05) is 0 Å². The minimum absolute atomic E-state index is 0.136. The number of benzene rings is 1. The average Bonchev–Trinajstić information content (AvgIpc) is 2.74. The molecule has 0 saturated heterocycles. The standard InChI is InChI=1S/C30H47ClO/c1-6-7-8-9-10-11-12-13-14-15-16-17-18-25(28(31)32)24-19-20-26-27(23-24)30(4,5)22-21-29(26,2)3/h18-20,23H,6-17,21-22H2,1-5H3. The molecule has 2 rings (SSSR count). The molecule has 0 heterocycles. The highest BCUT2D eigenvalue weighted by Crippen LogP contribution is 2.46. The van der Waals surface area contributed by atoms with Gasteiger partial charge < -0.3 is 0 Å². The van der Waals surface area contributed by atoms with Gasteiger partial charge in [0.05, 0.1) is 0 Å². The Morgan fingerprint density at radius 3 is 1.84 bits per heavy atom. The smallest absolute Gasteiger partial charge is 0.252 e. The molecule has 0 aliphatic heterocycles. The molecule has 1 nitrogen and oxygen atoms in total. The van der Waals surface area contributed by atoms with Crippen LogP contribution >= 0.6 is 11.6 Å². The van der Waals surface area contributed by atoms with Gasteiger partial charge in [-0.3, -0.25) is 4.79 Å². The third-order valence-electron chi connectivity index (χ3n) is 7.53. The van der Waals surface area contributed by atoms with Crippen LogP contribution in [0.5, 0.6) is 0 Å². The van der Waals surface area contributed by atoms with Crippen molar-refractivity contribution in [1.82, 2.24) is 0 Å². The summed E-state index contributed by atoms with van der Waals surface area (Å²) in [5, 5.41) is -0.333. The Bertz CT molecular complexity index is 756.